The molecule has 5 nitrogen and oxygen atoms in total. The quantitative estimate of drug-likeness (QED) is 0.880. The van der Waals surface area contributed by atoms with Gasteiger partial charge in [-0.25, -0.2) is 0 Å². The molecule has 1 saturated heterocycles. The third-order valence-electron chi connectivity index (χ3n) is 3.06. The molecule has 3 rings (SSSR count). The van der Waals surface area contributed by atoms with Crippen molar-refractivity contribution in [3.63, 3.8) is 0 Å². The highest BCUT2D eigenvalue weighted by atomic mass is 16.5. The summed E-state index contributed by atoms with van der Waals surface area (Å²) < 4.78 is 10.6. The van der Waals surface area contributed by atoms with E-state index in [4.69, 9.17) is 9.26 Å². The number of aromatic nitrogens is 2. The van der Waals surface area contributed by atoms with Crippen LogP contribution >= 0.6 is 0 Å². The third-order valence-corrected chi connectivity index (χ3v) is 3.06. The lowest BCUT2D eigenvalue weighted by Gasteiger charge is -2.18. The van der Waals surface area contributed by atoms with Crippen LogP contribution in [0.3, 0.4) is 0 Å². The van der Waals surface area contributed by atoms with E-state index in [0.29, 0.717) is 18.3 Å². The van der Waals surface area contributed by atoms with E-state index in [1.807, 2.05) is 6.07 Å². The van der Waals surface area contributed by atoms with Crippen molar-refractivity contribution in [2.24, 2.45) is 0 Å². The normalized spacial score (nSPS) is 19.9. The van der Waals surface area contributed by atoms with Crippen LogP contribution in [0.2, 0.25) is 0 Å². The number of phenols is 1. The van der Waals surface area contributed by atoms with E-state index in [0.717, 1.165) is 25.0 Å². The monoisotopic (exact) mass is 246 g/mol. The molecule has 1 atom stereocenters. The molecule has 1 N–H and O–H groups in total. The summed E-state index contributed by atoms with van der Waals surface area (Å²) in [6.07, 6.45) is 2.06. The Morgan fingerprint density at radius 2 is 2.28 bits per heavy atom. The van der Waals surface area contributed by atoms with Crippen molar-refractivity contribution in [2.45, 2.75) is 18.8 Å². The van der Waals surface area contributed by atoms with Gasteiger partial charge in [0.1, 0.15) is 5.75 Å². The highest BCUT2D eigenvalue weighted by Crippen LogP contribution is 2.26. The molecule has 0 radical (unpaired) electrons. The van der Waals surface area contributed by atoms with Gasteiger partial charge in [-0.2, -0.15) is 4.98 Å². The van der Waals surface area contributed by atoms with Gasteiger partial charge in [-0.1, -0.05) is 11.2 Å². The molecule has 0 spiro atoms. The van der Waals surface area contributed by atoms with Gasteiger partial charge in [0.25, 0.3) is 5.89 Å². The van der Waals surface area contributed by atoms with E-state index >= 15 is 0 Å². The van der Waals surface area contributed by atoms with Gasteiger partial charge in [0, 0.05) is 18.1 Å². The van der Waals surface area contributed by atoms with Gasteiger partial charge in [-0.15, -0.1) is 0 Å². The second-order valence-corrected chi connectivity index (χ2v) is 4.42. The fourth-order valence-corrected chi connectivity index (χ4v) is 2.10. The van der Waals surface area contributed by atoms with Crippen molar-refractivity contribution in [2.75, 3.05) is 13.2 Å². The molecule has 0 bridgehead atoms. The Hall–Kier alpha value is -1.88. The van der Waals surface area contributed by atoms with Crippen LogP contribution in [0.15, 0.2) is 28.8 Å². The Morgan fingerprint density at radius 3 is 3.06 bits per heavy atom. The van der Waals surface area contributed by atoms with E-state index < -0.39 is 0 Å². The minimum Gasteiger partial charge on any atom is -0.508 e. The lowest BCUT2D eigenvalue weighted by atomic mass is 10.0. The van der Waals surface area contributed by atoms with Crippen molar-refractivity contribution in [3.05, 3.63) is 30.1 Å². The molecule has 5 heteroatoms. The summed E-state index contributed by atoms with van der Waals surface area (Å²) in [7, 11) is 0. The summed E-state index contributed by atoms with van der Waals surface area (Å²) in [5.41, 5.74) is 0.727. The summed E-state index contributed by atoms with van der Waals surface area (Å²) in [5, 5.41) is 13.4. The number of benzene rings is 1. The number of hydrogen-bond donors (Lipinski definition) is 1. The maximum atomic E-state index is 9.42. The van der Waals surface area contributed by atoms with Crippen LogP contribution in [-0.4, -0.2) is 28.5 Å². The number of nitrogens with zero attached hydrogens (tertiary/aromatic N) is 2. The first-order valence-corrected chi connectivity index (χ1v) is 6.04. The van der Waals surface area contributed by atoms with Crippen LogP contribution in [0.4, 0.5) is 0 Å². The molecule has 1 aliphatic heterocycles. The molecule has 0 aliphatic carbocycles. The molecule has 1 aromatic heterocycles. The first kappa shape index (κ1) is 11.2. The lowest BCUT2D eigenvalue weighted by molar-refractivity contribution is 0.0773. The fraction of sp³-hybridized carbons (Fsp3) is 0.385. The number of ether oxygens (including phenoxy) is 1. The van der Waals surface area contributed by atoms with Gasteiger partial charge >= 0.3 is 0 Å². The SMILES string of the molecule is Oc1cccc(-c2nc(C3CCCOC3)no2)c1. The third kappa shape index (κ3) is 2.22. The molecular weight excluding hydrogens is 232 g/mol. The summed E-state index contributed by atoms with van der Waals surface area (Å²) in [6.45, 7) is 1.47. The average molecular weight is 246 g/mol. The second-order valence-electron chi connectivity index (χ2n) is 4.42. The first-order chi connectivity index (χ1) is 8.83. The predicted molar refractivity (Wildman–Crippen MR) is 64.2 cm³/mol. The Bertz CT molecular complexity index is 533. The van der Waals surface area contributed by atoms with Crippen molar-refractivity contribution in [1.82, 2.24) is 10.1 Å². The van der Waals surface area contributed by atoms with Crippen LogP contribution < -0.4 is 0 Å². The standard InChI is InChI=1S/C13H14N2O3/c16-11-5-1-3-9(7-11)13-14-12(15-18-13)10-4-2-6-17-8-10/h1,3,5,7,10,16H,2,4,6,8H2. The Labute approximate surface area is 104 Å². The summed E-state index contributed by atoms with van der Waals surface area (Å²) >= 11 is 0. The zero-order chi connectivity index (χ0) is 12.4. The molecule has 0 saturated carbocycles. The van der Waals surface area contributed by atoms with Gasteiger partial charge < -0.3 is 14.4 Å². The van der Waals surface area contributed by atoms with Crippen molar-refractivity contribution >= 4 is 0 Å². The van der Waals surface area contributed by atoms with Crippen LogP contribution in [-0.2, 0) is 4.74 Å². The number of rotatable bonds is 2. The summed E-state index contributed by atoms with van der Waals surface area (Å²) in [6, 6.07) is 6.79. The van der Waals surface area contributed by atoms with Crippen molar-refractivity contribution < 1.29 is 14.4 Å². The lowest BCUT2D eigenvalue weighted by Crippen LogP contribution is -2.16. The van der Waals surface area contributed by atoms with Crippen LogP contribution in [0.1, 0.15) is 24.6 Å². The Balaban J connectivity index is 1.84. The molecule has 1 aliphatic rings. The number of phenolic OH excluding ortho intramolecular Hbond substituents is 1. The van der Waals surface area contributed by atoms with E-state index in [1.54, 1.807) is 18.2 Å². The molecule has 1 fully saturated rings. The summed E-state index contributed by atoms with van der Waals surface area (Å²) in [4.78, 5) is 4.38. The minimum absolute atomic E-state index is 0.188. The van der Waals surface area contributed by atoms with Crippen LogP contribution in [0, 0.1) is 0 Å². The van der Waals surface area contributed by atoms with Crippen LogP contribution in [0.5, 0.6) is 5.75 Å². The van der Waals surface area contributed by atoms with Gasteiger partial charge in [0.15, 0.2) is 5.82 Å². The number of hydrogen-bond acceptors (Lipinski definition) is 5. The molecule has 1 unspecified atom stereocenters. The smallest absolute Gasteiger partial charge is 0.258 e. The van der Waals surface area contributed by atoms with E-state index in [1.165, 1.54) is 0 Å². The molecule has 18 heavy (non-hydrogen) atoms. The van der Waals surface area contributed by atoms with E-state index in [-0.39, 0.29) is 11.7 Å². The maximum Gasteiger partial charge on any atom is 0.258 e. The minimum atomic E-state index is 0.188. The summed E-state index contributed by atoms with van der Waals surface area (Å²) in [5.74, 6) is 1.53. The van der Waals surface area contributed by atoms with Gasteiger partial charge in [0.2, 0.25) is 0 Å². The maximum absolute atomic E-state index is 9.42. The van der Waals surface area contributed by atoms with Crippen molar-refractivity contribution in [1.29, 1.82) is 0 Å². The predicted octanol–water partition coefficient (Wildman–Crippen LogP) is 2.34. The van der Waals surface area contributed by atoms with E-state index in [9.17, 15) is 5.11 Å². The van der Waals surface area contributed by atoms with E-state index in [2.05, 4.69) is 10.1 Å². The Morgan fingerprint density at radius 1 is 1.33 bits per heavy atom. The second kappa shape index (κ2) is 4.78. The Kier molecular flexibility index (Phi) is 2.98. The molecule has 2 aromatic rings. The fourth-order valence-electron chi connectivity index (χ4n) is 2.10. The highest BCUT2D eigenvalue weighted by Gasteiger charge is 2.21. The molecule has 1 aromatic carbocycles. The van der Waals surface area contributed by atoms with Crippen LogP contribution in [0.25, 0.3) is 11.5 Å². The zero-order valence-electron chi connectivity index (χ0n) is 9.87. The zero-order valence-corrected chi connectivity index (χ0v) is 9.87. The highest BCUT2D eigenvalue weighted by molar-refractivity contribution is 5.55. The van der Waals surface area contributed by atoms with Gasteiger partial charge in [0.05, 0.1) is 6.61 Å². The molecule has 0 amide bonds. The molecule has 2 heterocycles. The average Bonchev–Trinajstić information content (AvgIpc) is 2.89. The first-order valence-electron chi connectivity index (χ1n) is 6.04. The van der Waals surface area contributed by atoms with Crippen molar-refractivity contribution in [3.8, 4) is 17.2 Å². The molecule has 94 valence electrons. The molecular formula is C13H14N2O3. The van der Waals surface area contributed by atoms with Gasteiger partial charge in [-0.3, -0.25) is 0 Å². The largest absolute Gasteiger partial charge is 0.508 e. The topological polar surface area (TPSA) is 68.4 Å². The number of aromatic hydroxyl groups is 1. The van der Waals surface area contributed by atoms with Gasteiger partial charge in [-0.05, 0) is 31.0 Å².